The minimum Gasteiger partial charge on any atom is -0.341 e. The van der Waals surface area contributed by atoms with Crippen molar-refractivity contribution in [2.24, 2.45) is 0 Å². The molecule has 0 radical (unpaired) electrons. The third-order valence-corrected chi connectivity index (χ3v) is 5.45. The van der Waals surface area contributed by atoms with Crippen molar-refractivity contribution >= 4 is 5.91 Å². The molecule has 3 heterocycles. The Balaban J connectivity index is 1.83. The number of nitrogens with zero attached hydrogens (tertiary/aromatic N) is 5. The lowest BCUT2D eigenvalue weighted by Crippen LogP contribution is -2.26. The van der Waals surface area contributed by atoms with Crippen LogP contribution in [0.25, 0.3) is 22.5 Å². The fourth-order valence-electron chi connectivity index (χ4n) is 4.05. The van der Waals surface area contributed by atoms with Crippen molar-refractivity contribution in [1.29, 1.82) is 0 Å². The number of hydrogen-bond donors (Lipinski definition) is 0. The number of benzene rings is 1. The van der Waals surface area contributed by atoms with Gasteiger partial charge in [-0.1, -0.05) is 37.3 Å². The molecule has 2 aromatic heterocycles. The molecule has 3 aromatic rings. The van der Waals surface area contributed by atoms with Gasteiger partial charge in [0.1, 0.15) is 0 Å². The van der Waals surface area contributed by atoms with Crippen LogP contribution < -0.4 is 0 Å². The van der Waals surface area contributed by atoms with Gasteiger partial charge in [-0.05, 0) is 20.3 Å². The third kappa shape index (κ3) is 3.23. The largest absolute Gasteiger partial charge is 0.341 e. The van der Waals surface area contributed by atoms with Gasteiger partial charge < -0.3 is 9.47 Å². The Hall–Kier alpha value is -2.89. The maximum atomic E-state index is 12.5. The number of rotatable bonds is 6. The van der Waals surface area contributed by atoms with Gasteiger partial charge in [0.05, 0.1) is 29.5 Å². The molecule has 0 N–H and O–H groups in total. The average molecular weight is 377 g/mol. The summed E-state index contributed by atoms with van der Waals surface area (Å²) < 4.78 is 4.15. The second-order valence-corrected chi connectivity index (χ2v) is 7.40. The fraction of sp³-hybridized carbons (Fsp3) is 0.409. The summed E-state index contributed by atoms with van der Waals surface area (Å²) in [7, 11) is 0. The van der Waals surface area contributed by atoms with Crippen LogP contribution in [0.3, 0.4) is 0 Å². The van der Waals surface area contributed by atoms with E-state index in [1.165, 1.54) is 0 Å². The first kappa shape index (κ1) is 18.5. The van der Waals surface area contributed by atoms with Crippen LogP contribution in [-0.4, -0.2) is 43.2 Å². The predicted octanol–water partition coefficient (Wildman–Crippen LogP) is 3.93. The molecule has 0 aliphatic carbocycles. The molecule has 1 aliphatic rings. The fourth-order valence-corrected chi connectivity index (χ4v) is 4.05. The molecular weight excluding hydrogens is 350 g/mol. The summed E-state index contributed by atoms with van der Waals surface area (Å²) >= 11 is 0. The molecule has 6 nitrogen and oxygen atoms in total. The Bertz CT molecular complexity index is 972. The van der Waals surface area contributed by atoms with Gasteiger partial charge in [-0.2, -0.15) is 5.10 Å². The summed E-state index contributed by atoms with van der Waals surface area (Å²) in [6, 6.07) is 10.3. The molecule has 0 bridgehead atoms. The zero-order valence-electron chi connectivity index (χ0n) is 16.8. The van der Waals surface area contributed by atoms with E-state index in [4.69, 9.17) is 4.98 Å². The molecule has 1 atom stereocenters. The van der Waals surface area contributed by atoms with Gasteiger partial charge in [0, 0.05) is 43.4 Å². The van der Waals surface area contributed by atoms with Gasteiger partial charge >= 0.3 is 0 Å². The molecule has 1 saturated heterocycles. The van der Waals surface area contributed by atoms with Crippen molar-refractivity contribution in [3.63, 3.8) is 0 Å². The topological polar surface area (TPSA) is 56.0 Å². The van der Waals surface area contributed by atoms with Crippen LogP contribution in [0, 0.1) is 6.92 Å². The molecule has 0 saturated carbocycles. The molecule has 4 rings (SSSR count). The summed E-state index contributed by atoms with van der Waals surface area (Å²) in [5, 5.41) is 4.65. The van der Waals surface area contributed by atoms with Gasteiger partial charge in [-0.15, -0.1) is 0 Å². The van der Waals surface area contributed by atoms with Crippen LogP contribution in [0.4, 0.5) is 0 Å². The number of imidazole rings is 1. The summed E-state index contributed by atoms with van der Waals surface area (Å²) in [6.07, 6.45) is 5.50. The molecule has 0 unspecified atom stereocenters. The standard InChI is InChI=1S/C22H27N5O/c1-4-11-25-13-18(12-20(25)28)27-15-23-21(17-9-7-6-8-10-17)22(27)19-14-26(5-2)24-16(19)3/h6-10,14-15,18H,4-5,11-13H2,1-3H3/t18-/m1/s1. The van der Waals surface area contributed by atoms with Gasteiger partial charge in [0.15, 0.2) is 0 Å². The zero-order chi connectivity index (χ0) is 19.7. The second kappa shape index (κ2) is 7.62. The highest BCUT2D eigenvalue weighted by Gasteiger charge is 2.33. The molecular formula is C22H27N5O. The highest BCUT2D eigenvalue weighted by atomic mass is 16.2. The Morgan fingerprint density at radius 1 is 1.18 bits per heavy atom. The first-order chi connectivity index (χ1) is 13.6. The number of carbonyl (C=O) groups is 1. The van der Waals surface area contributed by atoms with Gasteiger partial charge in [-0.3, -0.25) is 9.48 Å². The molecule has 0 spiro atoms. The van der Waals surface area contributed by atoms with Crippen LogP contribution in [0.5, 0.6) is 0 Å². The Labute approximate surface area is 165 Å². The Kier molecular flexibility index (Phi) is 5.03. The summed E-state index contributed by atoms with van der Waals surface area (Å²) in [5.41, 5.74) is 5.14. The van der Waals surface area contributed by atoms with Crippen molar-refractivity contribution in [3.8, 4) is 22.5 Å². The van der Waals surface area contributed by atoms with Crippen LogP contribution in [-0.2, 0) is 11.3 Å². The Morgan fingerprint density at radius 2 is 1.96 bits per heavy atom. The summed E-state index contributed by atoms with van der Waals surface area (Å²) in [4.78, 5) is 19.2. The highest BCUT2D eigenvalue weighted by Crippen LogP contribution is 2.37. The normalized spacial score (nSPS) is 16.9. The molecule has 1 fully saturated rings. The lowest BCUT2D eigenvalue weighted by Gasteiger charge is -2.18. The van der Waals surface area contributed by atoms with E-state index in [1.807, 2.05) is 41.0 Å². The van der Waals surface area contributed by atoms with Crippen LogP contribution in [0.2, 0.25) is 0 Å². The first-order valence-corrected chi connectivity index (χ1v) is 10.1. The minimum absolute atomic E-state index is 0.100. The molecule has 1 amide bonds. The van der Waals surface area contributed by atoms with Gasteiger partial charge in [-0.25, -0.2) is 4.98 Å². The maximum Gasteiger partial charge on any atom is 0.224 e. The maximum absolute atomic E-state index is 12.5. The zero-order valence-corrected chi connectivity index (χ0v) is 16.8. The predicted molar refractivity (Wildman–Crippen MR) is 110 cm³/mol. The molecule has 6 heteroatoms. The van der Waals surface area contributed by atoms with Crippen molar-refractivity contribution in [1.82, 2.24) is 24.2 Å². The number of carbonyl (C=O) groups excluding carboxylic acids is 1. The smallest absolute Gasteiger partial charge is 0.224 e. The first-order valence-electron chi connectivity index (χ1n) is 10.1. The minimum atomic E-state index is 0.100. The molecule has 1 aromatic carbocycles. The van der Waals surface area contributed by atoms with E-state index in [9.17, 15) is 4.79 Å². The van der Waals surface area contributed by atoms with Crippen LogP contribution in [0.1, 0.15) is 38.4 Å². The number of amides is 1. The van der Waals surface area contributed by atoms with Gasteiger partial charge in [0.25, 0.3) is 0 Å². The van der Waals surface area contributed by atoms with E-state index < -0.39 is 0 Å². The quantitative estimate of drug-likeness (QED) is 0.654. The average Bonchev–Trinajstić information content (AvgIpc) is 3.39. The van der Waals surface area contributed by atoms with Crippen molar-refractivity contribution in [2.75, 3.05) is 13.1 Å². The van der Waals surface area contributed by atoms with Crippen molar-refractivity contribution in [2.45, 2.75) is 46.2 Å². The summed E-state index contributed by atoms with van der Waals surface area (Å²) in [5.74, 6) is 0.230. The molecule has 28 heavy (non-hydrogen) atoms. The number of likely N-dealkylation sites (tertiary alicyclic amines) is 1. The second-order valence-electron chi connectivity index (χ2n) is 7.40. The molecule has 1 aliphatic heterocycles. The van der Waals surface area contributed by atoms with E-state index in [2.05, 4.69) is 41.8 Å². The lowest BCUT2D eigenvalue weighted by molar-refractivity contribution is -0.127. The van der Waals surface area contributed by atoms with E-state index in [0.717, 1.165) is 54.3 Å². The van der Waals surface area contributed by atoms with Gasteiger partial charge in [0.2, 0.25) is 5.91 Å². The SMILES string of the molecule is CCCN1C[C@H](n2cnc(-c3ccccc3)c2-c2cn(CC)nc2C)CC1=O. The van der Waals surface area contributed by atoms with E-state index in [-0.39, 0.29) is 11.9 Å². The number of hydrogen-bond acceptors (Lipinski definition) is 3. The Morgan fingerprint density at radius 3 is 2.64 bits per heavy atom. The van der Waals surface area contributed by atoms with Crippen LogP contribution >= 0.6 is 0 Å². The van der Waals surface area contributed by atoms with Crippen molar-refractivity contribution < 1.29 is 4.79 Å². The number of aryl methyl sites for hydroxylation is 2. The number of aromatic nitrogens is 4. The lowest BCUT2D eigenvalue weighted by atomic mass is 10.0. The highest BCUT2D eigenvalue weighted by molar-refractivity contribution is 5.81. The van der Waals surface area contributed by atoms with E-state index in [0.29, 0.717) is 6.42 Å². The summed E-state index contributed by atoms with van der Waals surface area (Å²) in [6.45, 7) is 8.62. The molecule has 146 valence electrons. The van der Waals surface area contributed by atoms with E-state index in [1.54, 1.807) is 0 Å². The monoisotopic (exact) mass is 377 g/mol. The van der Waals surface area contributed by atoms with Crippen LogP contribution in [0.15, 0.2) is 42.9 Å². The van der Waals surface area contributed by atoms with E-state index >= 15 is 0 Å². The third-order valence-electron chi connectivity index (χ3n) is 5.45. The van der Waals surface area contributed by atoms with Crippen molar-refractivity contribution in [3.05, 3.63) is 48.5 Å².